The Hall–Kier alpha value is -1.36. The summed E-state index contributed by atoms with van der Waals surface area (Å²) in [6, 6.07) is 5.67. The lowest BCUT2D eigenvalue weighted by atomic mass is 10.1. The molecule has 0 saturated carbocycles. The summed E-state index contributed by atoms with van der Waals surface area (Å²) in [5, 5.41) is 12.0. The van der Waals surface area contributed by atoms with Gasteiger partial charge in [-0.2, -0.15) is 5.26 Å². The van der Waals surface area contributed by atoms with Gasteiger partial charge in [-0.05, 0) is 31.4 Å². The Kier molecular flexibility index (Phi) is 5.39. The molecule has 1 saturated heterocycles. The van der Waals surface area contributed by atoms with Gasteiger partial charge >= 0.3 is 0 Å². The van der Waals surface area contributed by atoms with Crippen LogP contribution in [0.15, 0.2) is 16.5 Å². The van der Waals surface area contributed by atoms with E-state index in [-0.39, 0.29) is 11.8 Å². The molecule has 0 amide bonds. The maximum Gasteiger partial charge on any atom is 0.214 e. The molecule has 7 heteroatoms. The van der Waals surface area contributed by atoms with Crippen molar-refractivity contribution in [2.45, 2.75) is 38.8 Å². The minimum absolute atomic E-state index is 0.231. The smallest absolute Gasteiger partial charge is 0.214 e. The Balaban J connectivity index is 1.78. The average molecular weight is 311 g/mol. The molecule has 1 aromatic rings. The van der Waals surface area contributed by atoms with Gasteiger partial charge < -0.3 is 9.73 Å². The average Bonchev–Trinajstić information content (AvgIpc) is 2.93. The zero-order valence-corrected chi connectivity index (χ0v) is 13.0. The van der Waals surface area contributed by atoms with E-state index < -0.39 is 10.0 Å². The Morgan fingerprint density at radius 2 is 2.14 bits per heavy atom. The first-order valence-electron chi connectivity index (χ1n) is 7.25. The van der Waals surface area contributed by atoms with Crippen molar-refractivity contribution in [2.24, 2.45) is 0 Å². The van der Waals surface area contributed by atoms with E-state index in [0.717, 1.165) is 18.6 Å². The van der Waals surface area contributed by atoms with Gasteiger partial charge in [0.05, 0.1) is 12.3 Å². The van der Waals surface area contributed by atoms with Crippen molar-refractivity contribution in [1.82, 2.24) is 9.62 Å². The molecule has 2 rings (SSSR count). The van der Waals surface area contributed by atoms with Crippen LogP contribution in [-0.2, 0) is 16.6 Å². The maximum absolute atomic E-state index is 12.0. The third kappa shape index (κ3) is 4.30. The molecule has 0 bridgehead atoms. The van der Waals surface area contributed by atoms with Crippen LogP contribution in [0.2, 0.25) is 0 Å². The highest BCUT2D eigenvalue weighted by Crippen LogP contribution is 2.16. The molecule has 2 heterocycles. The summed E-state index contributed by atoms with van der Waals surface area (Å²) in [5.41, 5.74) is 0. The molecule has 6 nitrogen and oxygen atoms in total. The molecule has 116 valence electrons. The van der Waals surface area contributed by atoms with Crippen molar-refractivity contribution in [2.75, 3.05) is 18.8 Å². The van der Waals surface area contributed by atoms with Crippen LogP contribution in [0.3, 0.4) is 0 Å². The van der Waals surface area contributed by atoms with Crippen LogP contribution in [0.1, 0.15) is 37.7 Å². The van der Waals surface area contributed by atoms with Crippen molar-refractivity contribution >= 4 is 10.0 Å². The molecule has 21 heavy (non-hydrogen) atoms. The largest absolute Gasteiger partial charge is 0.449 e. The third-order valence-corrected chi connectivity index (χ3v) is 5.72. The number of furan rings is 1. The Morgan fingerprint density at radius 1 is 1.43 bits per heavy atom. The van der Waals surface area contributed by atoms with Gasteiger partial charge in [0, 0.05) is 19.1 Å². The molecule has 1 aromatic heterocycles. The van der Waals surface area contributed by atoms with Gasteiger partial charge in [-0.25, -0.2) is 12.7 Å². The number of nitrogens with one attached hydrogen (secondary N) is 1. The zero-order chi connectivity index (χ0) is 15.3. The minimum atomic E-state index is -3.07. The summed E-state index contributed by atoms with van der Waals surface area (Å²) < 4.78 is 30.8. The van der Waals surface area contributed by atoms with Crippen molar-refractivity contribution < 1.29 is 12.8 Å². The van der Waals surface area contributed by atoms with Gasteiger partial charge in [0.1, 0.15) is 11.8 Å². The van der Waals surface area contributed by atoms with E-state index in [2.05, 4.69) is 5.32 Å². The number of hydrogen-bond donors (Lipinski definition) is 1. The molecular weight excluding hydrogens is 290 g/mol. The predicted octanol–water partition coefficient (Wildman–Crippen LogP) is 1.45. The summed E-state index contributed by atoms with van der Waals surface area (Å²) in [5.74, 6) is 1.27. The lowest BCUT2D eigenvalue weighted by molar-refractivity contribution is 0.283. The fourth-order valence-corrected chi connectivity index (χ4v) is 4.04. The summed E-state index contributed by atoms with van der Waals surface area (Å²) in [7, 11) is -3.07. The Labute approximate surface area is 125 Å². The number of sulfonamides is 1. The third-order valence-electron chi connectivity index (χ3n) is 3.65. The van der Waals surface area contributed by atoms with E-state index in [0.29, 0.717) is 31.8 Å². The normalized spacial score (nSPS) is 17.7. The van der Waals surface area contributed by atoms with Crippen LogP contribution in [-0.4, -0.2) is 37.6 Å². The first-order valence-corrected chi connectivity index (χ1v) is 8.86. The number of hydrogen-bond acceptors (Lipinski definition) is 5. The van der Waals surface area contributed by atoms with Gasteiger partial charge in [0.25, 0.3) is 0 Å². The second-order valence-electron chi connectivity index (χ2n) is 5.25. The topological polar surface area (TPSA) is 86.3 Å². The standard InChI is InChI=1S/C14H21N3O3S/c1-2-9-21(18,19)17-7-5-12(6-8-17)16-11-14-4-3-13(10-15)20-14/h3-4,12,16H,2,5-9,11H2,1H3. The number of nitriles is 1. The van der Waals surface area contributed by atoms with Gasteiger partial charge in [-0.3, -0.25) is 0 Å². The molecular formula is C14H21N3O3S. The van der Waals surface area contributed by atoms with E-state index in [9.17, 15) is 8.42 Å². The van der Waals surface area contributed by atoms with Crippen molar-refractivity contribution in [3.63, 3.8) is 0 Å². The van der Waals surface area contributed by atoms with E-state index in [1.165, 1.54) is 0 Å². The van der Waals surface area contributed by atoms with Crippen LogP contribution in [0.5, 0.6) is 0 Å². The van der Waals surface area contributed by atoms with Crippen molar-refractivity contribution in [3.8, 4) is 6.07 Å². The lowest BCUT2D eigenvalue weighted by Crippen LogP contribution is -2.45. The lowest BCUT2D eigenvalue weighted by Gasteiger charge is -2.31. The fraction of sp³-hybridized carbons (Fsp3) is 0.643. The minimum Gasteiger partial charge on any atom is -0.449 e. The van der Waals surface area contributed by atoms with Gasteiger partial charge in [-0.1, -0.05) is 6.92 Å². The highest BCUT2D eigenvalue weighted by molar-refractivity contribution is 7.89. The Bertz CT molecular complexity index is 595. The highest BCUT2D eigenvalue weighted by Gasteiger charge is 2.27. The number of rotatable bonds is 6. The van der Waals surface area contributed by atoms with Crippen LogP contribution < -0.4 is 5.32 Å². The number of piperidine rings is 1. The summed E-state index contributed by atoms with van der Waals surface area (Å²) in [6.07, 6.45) is 2.25. The first kappa shape index (κ1) is 16.0. The van der Waals surface area contributed by atoms with Gasteiger partial charge in [-0.15, -0.1) is 0 Å². The maximum atomic E-state index is 12.0. The molecule has 1 fully saturated rings. The van der Waals surface area contributed by atoms with E-state index in [1.807, 2.05) is 13.0 Å². The Morgan fingerprint density at radius 3 is 2.71 bits per heavy atom. The van der Waals surface area contributed by atoms with Crippen LogP contribution >= 0.6 is 0 Å². The fourth-order valence-electron chi connectivity index (χ4n) is 2.50. The molecule has 1 aliphatic heterocycles. The molecule has 0 radical (unpaired) electrons. The molecule has 1 aliphatic rings. The molecule has 0 spiro atoms. The molecule has 0 aromatic carbocycles. The second-order valence-corrected chi connectivity index (χ2v) is 7.34. The van der Waals surface area contributed by atoms with Crippen LogP contribution in [0.4, 0.5) is 0 Å². The van der Waals surface area contributed by atoms with Crippen LogP contribution in [0.25, 0.3) is 0 Å². The summed E-state index contributed by atoms with van der Waals surface area (Å²) in [4.78, 5) is 0. The van der Waals surface area contributed by atoms with E-state index in [1.54, 1.807) is 16.4 Å². The molecule has 1 N–H and O–H groups in total. The predicted molar refractivity (Wildman–Crippen MR) is 78.9 cm³/mol. The number of nitrogens with zero attached hydrogens (tertiary/aromatic N) is 2. The van der Waals surface area contributed by atoms with Crippen molar-refractivity contribution in [1.29, 1.82) is 5.26 Å². The monoisotopic (exact) mass is 311 g/mol. The molecule has 0 atom stereocenters. The van der Waals surface area contributed by atoms with E-state index >= 15 is 0 Å². The SMILES string of the molecule is CCCS(=O)(=O)N1CCC(NCc2ccc(C#N)o2)CC1. The summed E-state index contributed by atoms with van der Waals surface area (Å²) >= 11 is 0. The molecule has 0 aliphatic carbocycles. The van der Waals surface area contributed by atoms with E-state index in [4.69, 9.17) is 9.68 Å². The second kappa shape index (κ2) is 7.07. The first-order chi connectivity index (χ1) is 10.0. The van der Waals surface area contributed by atoms with Crippen LogP contribution in [0, 0.1) is 11.3 Å². The molecule has 0 unspecified atom stereocenters. The summed E-state index contributed by atoms with van der Waals surface area (Å²) in [6.45, 7) is 3.59. The van der Waals surface area contributed by atoms with Gasteiger partial charge in [0.15, 0.2) is 0 Å². The quantitative estimate of drug-likeness (QED) is 0.859. The van der Waals surface area contributed by atoms with Crippen molar-refractivity contribution in [3.05, 3.63) is 23.7 Å². The van der Waals surface area contributed by atoms with Gasteiger partial charge in [0.2, 0.25) is 15.8 Å². The highest BCUT2D eigenvalue weighted by atomic mass is 32.2. The zero-order valence-electron chi connectivity index (χ0n) is 12.2.